The molecular weight excluding hydrogens is 374 g/mol. The number of nitrogens with zero attached hydrogens (tertiary/aromatic N) is 2. The predicted octanol–water partition coefficient (Wildman–Crippen LogP) is 4.96. The van der Waals surface area contributed by atoms with E-state index in [0.717, 1.165) is 38.8 Å². The van der Waals surface area contributed by atoms with Gasteiger partial charge in [0.2, 0.25) is 0 Å². The van der Waals surface area contributed by atoms with Crippen LogP contribution >= 0.6 is 0 Å². The average molecular weight is 402 g/mol. The molecule has 30 heavy (non-hydrogen) atoms. The van der Waals surface area contributed by atoms with E-state index in [2.05, 4.69) is 33.1 Å². The molecule has 0 radical (unpaired) electrons. The maximum atomic E-state index is 12.2. The van der Waals surface area contributed by atoms with Crippen LogP contribution in [0.1, 0.15) is 34.2 Å². The average Bonchev–Trinajstić information content (AvgIpc) is 2.70. The molecule has 0 aliphatic rings. The van der Waals surface area contributed by atoms with Crippen LogP contribution in [0, 0.1) is 39.0 Å². The molecule has 0 saturated heterocycles. The number of nitrogens with one attached hydrogen (secondary N) is 3. The molecule has 1 aromatic heterocycles. The normalized spacial score (nSPS) is 10.5. The molecule has 3 N–H and O–H groups in total. The maximum absolute atomic E-state index is 12.2. The van der Waals surface area contributed by atoms with Gasteiger partial charge in [0.25, 0.3) is 0 Å². The highest BCUT2D eigenvalue weighted by Gasteiger charge is 2.09. The Morgan fingerprint density at radius 3 is 2.47 bits per heavy atom. The molecule has 0 saturated carbocycles. The molecule has 6 nitrogen and oxygen atoms in total. The van der Waals surface area contributed by atoms with Gasteiger partial charge in [-0.15, -0.1) is 0 Å². The standard InChI is InChI=1S/C24H27N5O/c1-15-11-18(4)22-19(12-15)13-20(14-25)23(28-22)26-9-6-10-27-24(30)29-21-16(2)7-5-8-17(21)3/h5,7-8,11-13H,6,9-10H2,1-4H3,(H,26,28)(H2,27,29,30). The van der Waals surface area contributed by atoms with Crippen LogP contribution in [0.4, 0.5) is 16.3 Å². The first kappa shape index (κ1) is 21.1. The summed E-state index contributed by atoms with van der Waals surface area (Å²) in [5.41, 5.74) is 6.56. The number of aromatic nitrogens is 1. The van der Waals surface area contributed by atoms with Gasteiger partial charge in [0.15, 0.2) is 0 Å². The minimum atomic E-state index is -0.222. The topological polar surface area (TPSA) is 89.8 Å². The van der Waals surface area contributed by atoms with Crippen LogP contribution in [-0.4, -0.2) is 24.1 Å². The lowest BCUT2D eigenvalue weighted by molar-refractivity contribution is 0.252. The van der Waals surface area contributed by atoms with Crippen LogP contribution in [0.3, 0.4) is 0 Å². The number of hydrogen-bond donors (Lipinski definition) is 3. The first-order chi connectivity index (χ1) is 14.4. The second-order valence-electron chi connectivity index (χ2n) is 7.58. The van der Waals surface area contributed by atoms with Gasteiger partial charge in [0.05, 0.1) is 11.1 Å². The van der Waals surface area contributed by atoms with E-state index in [9.17, 15) is 10.1 Å². The van der Waals surface area contributed by atoms with E-state index in [-0.39, 0.29) is 6.03 Å². The monoisotopic (exact) mass is 401 g/mol. The van der Waals surface area contributed by atoms with E-state index in [1.807, 2.05) is 58.0 Å². The van der Waals surface area contributed by atoms with Crippen LogP contribution in [0.15, 0.2) is 36.4 Å². The second-order valence-corrected chi connectivity index (χ2v) is 7.58. The van der Waals surface area contributed by atoms with Gasteiger partial charge in [-0.1, -0.05) is 29.8 Å². The van der Waals surface area contributed by atoms with Gasteiger partial charge in [-0.05, 0) is 62.9 Å². The van der Waals surface area contributed by atoms with Crippen LogP contribution < -0.4 is 16.0 Å². The van der Waals surface area contributed by atoms with Crippen molar-refractivity contribution in [3.8, 4) is 6.07 Å². The maximum Gasteiger partial charge on any atom is 0.319 e. The molecule has 2 aromatic carbocycles. The molecule has 0 aliphatic carbocycles. The molecule has 0 spiro atoms. The summed E-state index contributed by atoms with van der Waals surface area (Å²) in [6, 6.07) is 13.9. The highest BCUT2D eigenvalue weighted by Crippen LogP contribution is 2.24. The number of carbonyl (C=O) groups is 1. The van der Waals surface area contributed by atoms with Crippen LogP contribution in [-0.2, 0) is 0 Å². The number of nitriles is 1. The minimum Gasteiger partial charge on any atom is -0.369 e. The summed E-state index contributed by atoms with van der Waals surface area (Å²) in [6.45, 7) is 9.11. The summed E-state index contributed by atoms with van der Waals surface area (Å²) in [5.74, 6) is 0.580. The fraction of sp³-hybridized carbons (Fsp3) is 0.292. The number of para-hydroxylation sites is 1. The van der Waals surface area contributed by atoms with Crippen molar-refractivity contribution < 1.29 is 4.79 Å². The largest absolute Gasteiger partial charge is 0.369 e. The van der Waals surface area contributed by atoms with Crippen molar-refractivity contribution in [3.63, 3.8) is 0 Å². The van der Waals surface area contributed by atoms with Crippen molar-refractivity contribution in [1.29, 1.82) is 5.26 Å². The third-order valence-corrected chi connectivity index (χ3v) is 5.02. The molecule has 2 amide bonds. The SMILES string of the molecule is Cc1cc(C)c2nc(NCCCNC(=O)Nc3c(C)cccc3C)c(C#N)cc2c1. The van der Waals surface area contributed by atoms with Crippen LogP contribution in [0.2, 0.25) is 0 Å². The van der Waals surface area contributed by atoms with E-state index in [4.69, 9.17) is 0 Å². The van der Waals surface area contributed by atoms with Gasteiger partial charge < -0.3 is 16.0 Å². The quantitative estimate of drug-likeness (QED) is 0.509. The first-order valence-corrected chi connectivity index (χ1v) is 10.1. The van der Waals surface area contributed by atoms with Gasteiger partial charge in [0, 0.05) is 24.2 Å². The van der Waals surface area contributed by atoms with Gasteiger partial charge >= 0.3 is 6.03 Å². The predicted molar refractivity (Wildman–Crippen MR) is 122 cm³/mol. The molecule has 0 fully saturated rings. The van der Waals surface area contributed by atoms with Crippen LogP contribution in [0.25, 0.3) is 10.9 Å². The Balaban J connectivity index is 1.55. The number of rotatable bonds is 6. The Kier molecular flexibility index (Phi) is 6.53. The number of urea groups is 1. The third kappa shape index (κ3) is 4.87. The van der Waals surface area contributed by atoms with Crippen molar-refractivity contribution in [3.05, 3.63) is 64.2 Å². The van der Waals surface area contributed by atoms with E-state index >= 15 is 0 Å². The zero-order valence-corrected chi connectivity index (χ0v) is 17.9. The Bertz CT molecular complexity index is 1110. The highest BCUT2D eigenvalue weighted by molar-refractivity contribution is 5.91. The van der Waals surface area contributed by atoms with E-state index < -0.39 is 0 Å². The lowest BCUT2D eigenvalue weighted by Gasteiger charge is -2.13. The smallest absolute Gasteiger partial charge is 0.319 e. The fourth-order valence-corrected chi connectivity index (χ4v) is 3.54. The number of aryl methyl sites for hydroxylation is 4. The molecule has 0 atom stereocenters. The number of benzene rings is 2. The first-order valence-electron chi connectivity index (χ1n) is 10.1. The van der Waals surface area contributed by atoms with Crippen molar-refractivity contribution >= 4 is 28.4 Å². The van der Waals surface area contributed by atoms with Gasteiger partial charge in [-0.25, -0.2) is 9.78 Å². The van der Waals surface area contributed by atoms with Crippen molar-refractivity contribution in [1.82, 2.24) is 10.3 Å². The van der Waals surface area contributed by atoms with Gasteiger partial charge in [-0.3, -0.25) is 0 Å². The summed E-state index contributed by atoms with van der Waals surface area (Å²) in [5, 5.41) is 19.5. The number of carbonyl (C=O) groups excluding carboxylic acids is 1. The molecule has 1 heterocycles. The number of pyridine rings is 1. The summed E-state index contributed by atoms with van der Waals surface area (Å²) in [6.07, 6.45) is 0.706. The van der Waals surface area contributed by atoms with E-state index in [1.54, 1.807) is 0 Å². The molecular formula is C24H27N5O. The lowest BCUT2D eigenvalue weighted by Crippen LogP contribution is -2.31. The Hall–Kier alpha value is -3.59. The van der Waals surface area contributed by atoms with Crippen molar-refractivity contribution in [2.45, 2.75) is 34.1 Å². The van der Waals surface area contributed by atoms with Crippen molar-refractivity contribution in [2.24, 2.45) is 0 Å². The number of hydrogen-bond acceptors (Lipinski definition) is 4. The van der Waals surface area contributed by atoms with Crippen molar-refractivity contribution in [2.75, 3.05) is 23.7 Å². The van der Waals surface area contributed by atoms with E-state index in [0.29, 0.717) is 30.9 Å². The molecule has 3 aromatic rings. The molecule has 6 heteroatoms. The molecule has 0 unspecified atom stereocenters. The third-order valence-electron chi connectivity index (χ3n) is 5.02. The molecule has 0 aliphatic heterocycles. The molecule has 3 rings (SSSR count). The number of anilines is 2. The lowest BCUT2D eigenvalue weighted by atomic mass is 10.1. The Labute approximate surface area is 177 Å². The Morgan fingerprint density at radius 1 is 1.03 bits per heavy atom. The highest BCUT2D eigenvalue weighted by atomic mass is 16.2. The summed E-state index contributed by atoms with van der Waals surface area (Å²) in [7, 11) is 0. The Morgan fingerprint density at radius 2 is 1.77 bits per heavy atom. The zero-order valence-electron chi connectivity index (χ0n) is 17.9. The summed E-state index contributed by atoms with van der Waals surface area (Å²) < 4.78 is 0. The zero-order chi connectivity index (χ0) is 21.7. The number of amides is 2. The summed E-state index contributed by atoms with van der Waals surface area (Å²) in [4.78, 5) is 16.8. The fourth-order valence-electron chi connectivity index (χ4n) is 3.54. The van der Waals surface area contributed by atoms with Gasteiger partial charge in [-0.2, -0.15) is 5.26 Å². The summed E-state index contributed by atoms with van der Waals surface area (Å²) >= 11 is 0. The van der Waals surface area contributed by atoms with E-state index in [1.165, 1.54) is 0 Å². The minimum absolute atomic E-state index is 0.222. The second kappa shape index (κ2) is 9.27. The van der Waals surface area contributed by atoms with Crippen LogP contribution in [0.5, 0.6) is 0 Å². The number of fused-ring (bicyclic) bond motifs is 1. The molecule has 154 valence electrons. The molecule has 0 bridgehead atoms. The van der Waals surface area contributed by atoms with Gasteiger partial charge in [0.1, 0.15) is 11.9 Å².